The highest BCUT2D eigenvalue weighted by Crippen LogP contribution is 2.35. The Balaban J connectivity index is 2.34. The number of nitrogens with zero attached hydrogens (tertiary/aromatic N) is 2. The molecule has 1 saturated carbocycles. The molecule has 1 heterocycles. The van der Waals surface area contributed by atoms with Crippen LogP contribution in [-0.4, -0.2) is 9.55 Å². The molecule has 0 unspecified atom stereocenters. The third-order valence-corrected chi connectivity index (χ3v) is 3.60. The summed E-state index contributed by atoms with van der Waals surface area (Å²) in [4.78, 5) is 17.4. The molecule has 0 atom stereocenters. The van der Waals surface area contributed by atoms with E-state index in [0.717, 1.165) is 48.0 Å². The average molecular weight is 242 g/mol. The van der Waals surface area contributed by atoms with Crippen molar-refractivity contribution in [3.63, 3.8) is 0 Å². The topological polar surface area (TPSA) is 34.9 Å². The summed E-state index contributed by atoms with van der Waals surface area (Å²) in [6.07, 6.45) is 4.15. The molecule has 0 bridgehead atoms. The molecular weight excluding hydrogens is 224 g/mol. The van der Waals surface area contributed by atoms with Gasteiger partial charge < -0.3 is 0 Å². The fourth-order valence-corrected chi connectivity index (χ4v) is 2.56. The summed E-state index contributed by atoms with van der Waals surface area (Å²) >= 11 is 0. The summed E-state index contributed by atoms with van der Waals surface area (Å²) < 4.78 is 1.94. The van der Waals surface area contributed by atoms with E-state index in [1.54, 1.807) is 0 Å². The number of aromatic nitrogens is 2. The molecular formula is C15H18N2O. The van der Waals surface area contributed by atoms with E-state index < -0.39 is 0 Å². The molecule has 2 aromatic rings. The second kappa shape index (κ2) is 4.23. The van der Waals surface area contributed by atoms with Crippen LogP contribution in [0.5, 0.6) is 0 Å². The fourth-order valence-electron chi connectivity index (χ4n) is 2.56. The van der Waals surface area contributed by atoms with E-state index in [-0.39, 0.29) is 5.56 Å². The van der Waals surface area contributed by atoms with Crippen LogP contribution < -0.4 is 5.56 Å². The number of benzene rings is 1. The first kappa shape index (κ1) is 11.5. The van der Waals surface area contributed by atoms with Crippen molar-refractivity contribution in [2.75, 3.05) is 0 Å². The van der Waals surface area contributed by atoms with Gasteiger partial charge in [0.1, 0.15) is 5.82 Å². The highest BCUT2D eigenvalue weighted by Gasteiger charge is 2.28. The monoisotopic (exact) mass is 242 g/mol. The van der Waals surface area contributed by atoms with E-state index in [2.05, 4.69) is 6.92 Å². The Morgan fingerprint density at radius 1 is 1.39 bits per heavy atom. The molecule has 1 aromatic heterocycles. The van der Waals surface area contributed by atoms with Crippen molar-refractivity contribution in [3.05, 3.63) is 39.9 Å². The van der Waals surface area contributed by atoms with Gasteiger partial charge in [0, 0.05) is 12.5 Å². The average Bonchev–Trinajstić information content (AvgIpc) is 3.13. The van der Waals surface area contributed by atoms with Gasteiger partial charge in [0.2, 0.25) is 0 Å². The van der Waals surface area contributed by atoms with E-state index in [9.17, 15) is 4.79 Å². The summed E-state index contributed by atoms with van der Waals surface area (Å²) in [6.45, 7) is 4.12. The lowest BCUT2D eigenvalue weighted by Gasteiger charge is -2.13. The Bertz CT molecular complexity index is 653. The molecule has 0 spiro atoms. The van der Waals surface area contributed by atoms with Crippen LogP contribution >= 0.6 is 0 Å². The standard InChI is InChI=1S/C15H18N2O/c1-3-5-13-16-12-7-4-6-10(2)14(12)15(18)17(13)11-8-9-11/h4,6-7,11H,3,5,8-9H2,1-2H3. The quantitative estimate of drug-likeness (QED) is 0.829. The molecule has 0 N–H and O–H groups in total. The van der Waals surface area contributed by atoms with Crippen molar-refractivity contribution < 1.29 is 0 Å². The van der Waals surface area contributed by atoms with Gasteiger partial charge in [0.05, 0.1) is 10.9 Å². The van der Waals surface area contributed by atoms with Crippen LogP contribution in [0, 0.1) is 6.92 Å². The van der Waals surface area contributed by atoms with Crippen LogP contribution in [0.3, 0.4) is 0 Å². The van der Waals surface area contributed by atoms with E-state index in [1.165, 1.54) is 0 Å². The number of hydrogen-bond donors (Lipinski definition) is 0. The SMILES string of the molecule is CCCc1nc2cccc(C)c2c(=O)n1C1CC1. The number of hydrogen-bond acceptors (Lipinski definition) is 2. The maximum atomic E-state index is 12.6. The second-order valence-corrected chi connectivity index (χ2v) is 5.15. The minimum atomic E-state index is 0.157. The summed E-state index contributed by atoms with van der Waals surface area (Å²) in [5, 5.41) is 0.796. The summed E-state index contributed by atoms with van der Waals surface area (Å²) in [5.74, 6) is 0.961. The van der Waals surface area contributed by atoms with Crippen LogP contribution in [0.25, 0.3) is 10.9 Å². The van der Waals surface area contributed by atoms with Crippen molar-refractivity contribution in [2.45, 2.75) is 45.6 Å². The normalized spacial score (nSPS) is 15.2. The van der Waals surface area contributed by atoms with Gasteiger partial charge in [0.25, 0.3) is 5.56 Å². The lowest BCUT2D eigenvalue weighted by Crippen LogP contribution is -2.25. The number of fused-ring (bicyclic) bond motifs is 1. The van der Waals surface area contributed by atoms with Gasteiger partial charge in [-0.1, -0.05) is 19.1 Å². The second-order valence-electron chi connectivity index (χ2n) is 5.15. The molecule has 0 aliphatic heterocycles. The summed E-state index contributed by atoms with van der Waals surface area (Å²) in [6, 6.07) is 6.30. The Morgan fingerprint density at radius 2 is 2.17 bits per heavy atom. The molecule has 3 nitrogen and oxygen atoms in total. The van der Waals surface area contributed by atoms with Crippen molar-refractivity contribution in [3.8, 4) is 0 Å². The molecule has 3 rings (SSSR count). The van der Waals surface area contributed by atoms with Crippen LogP contribution in [0.1, 0.15) is 43.6 Å². The number of aryl methyl sites for hydroxylation is 2. The summed E-state index contributed by atoms with van der Waals surface area (Å²) in [5.41, 5.74) is 2.03. The van der Waals surface area contributed by atoms with Crippen LogP contribution in [0.15, 0.2) is 23.0 Å². The molecule has 0 radical (unpaired) electrons. The lowest BCUT2D eigenvalue weighted by molar-refractivity contribution is 0.630. The van der Waals surface area contributed by atoms with Gasteiger partial charge in [-0.2, -0.15) is 0 Å². The fraction of sp³-hybridized carbons (Fsp3) is 0.467. The lowest BCUT2D eigenvalue weighted by atomic mass is 10.1. The molecule has 3 heteroatoms. The zero-order chi connectivity index (χ0) is 12.7. The molecule has 18 heavy (non-hydrogen) atoms. The zero-order valence-corrected chi connectivity index (χ0v) is 10.9. The highest BCUT2D eigenvalue weighted by molar-refractivity contribution is 5.81. The van der Waals surface area contributed by atoms with E-state index in [1.807, 2.05) is 29.7 Å². The van der Waals surface area contributed by atoms with Crippen LogP contribution in [0.2, 0.25) is 0 Å². The van der Waals surface area contributed by atoms with Crippen LogP contribution in [-0.2, 0) is 6.42 Å². The number of rotatable bonds is 3. The Hall–Kier alpha value is -1.64. The van der Waals surface area contributed by atoms with Crippen molar-refractivity contribution in [1.82, 2.24) is 9.55 Å². The molecule has 1 aromatic carbocycles. The molecule has 1 fully saturated rings. The Morgan fingerprint density at radius 3 is 2.83 bits per heavy atom. The zero-order valence-electron chi connectivity index (χ0n) is 10.9. The van der Waals surface area contributed by atoms with Gasteiger partial charge in [-0.3, -0.25) is 9.36 Å². The molecule has 94 valence electrons. The van der Waals surface area contributed by atoms with Gasteiger partial charge >= 0.3 is 0 Å². The van der Waals surface area contributed by atoms with Gasteiger partial charge in [-0.25, -0.2) is 4.98 Å². The molecule has 0 amide bonds. The molecule has 1 aliphatic carbocycles. The van der Waals surface area contributed by atoms with Crippen molar-refractivity contribution in [2.24, 2.45) is 0 Å². The van der Waals surface area contributed by atoms with Gasteiger partial charge in [-0.15, -0.1) is 0 Å². The minimum absolute atomic E-state index is 0.157. The van der Waals surface area contributed by atoms with Gasteiger partial charge in [-0.05, 0) is 37.8 Å². The summed E-state index contributed by atoms with van der Waals surface area (Å²) in [7, 11) is 0. The largest absolute Gasteiger partial charge is 0.293 e. The maximum Gasteiger partial charge on any atom is 0.261 e. The van der Waals surface area contributed by atoms with Crippen molar-refractivity contribution in [1.29, 1.82) is 0 Å². The maximum absolute atomic E-state index is 12.6. The first-order valence-electron chi connectivity index (χ1n) is 6.73. The van der Waals surface area contributed by atoms with Crippen molar-refractivity contribution >= 4 is 10.9 Å². The van der Waals surface area contributed by atoms with Gasteiger partial charge in [0.15, 0.2) is 0 Å². The first-order chi connectivity index (χ1) is 8.72. The minimum Gasteiger partial charge on any atom is -0.293 e. The third-order valence-electron chi connectivity index (χ3n) is 3.60. The van der Waals surface area contributed by atoms with E-state index in [4.69, 9.17) is 4.98 Å². The molecule has 1 aliphatic rings. The first-order valence-corrected chi connectivity index (χ1v) is 6.73. The molecule has 0 saturated heterocycles. The van der Waals surface area contributed by atoms with E-state index >= 15 is 0 Å². The van der Waals surface area contributed by atoms with E-state index in [0.29, 0.717) is 6.04 Å². The predicted octanol–water partition coefficient (Wildman–Crippen LogP) is 2.99. The Labute approximate surface area is 106 Å². The third kappa shape index (κ3) is 1.74. The Kier molecular flexibility index (Phi) is 2.69. The van der Waals surface area contributed by atoms with Crippen LogP contribution in [0.4, 0.5) is 0 Å². The predicted molar refractivity (Wildman–Crippen MR) is 73.0 cm³/mol. The smallest absolute Gasteiger partial charge is 0.261 e. The highest BCUT2D eigenvalue weighted by atomic mass is 16.1.